The zero-order valence-corrected chi connectivity index (χ0v) is 13.1. The van der Waals surface area contributed by atoms with Gasteiger partial charge in [0.05, 0.1) is 0 Å². The molecule has 0 atom stereocenters. The zero-order valence-electron chi connectivity index (χ0n) is 11.6. The summed E-state index contributed by atoms with van der Waals surface area (Å²) >= 11 is 3.46. The lowest BCUT2D eigenvalue weighted by Gasteiger charge is -2.21. The number of benzene rings is 2. The van der Waals surface area contributed by atoms with Crippen molar-refractivity contribution >= 4 is 33.2 Å². The molecule has 3 nitrogen and oxygen atoms in total. The Kier molecular flexibility index (Phi) is 4.45. The maximum atomic E-state index is 12.6. The molecule has 2 rings (SSSR count). The van der Waals surface area contributed by atoms with E-state index in [1.807, 2.05) is 44.2 Å². The van der Waals surface area contributed by atoms with Gasteiger partial charge in [-0.2, -0.15) is 0 Å². The van der Waals surface area contributed by atoms with Crippen LogP contribution in [-0.4, -0.2) is 12.5 Å². The third kappa shape index (κ3) is 3.02. The van der Waals surface area contributed by atoms with E-state index >= 15 is 0 Å². The van der Waals surface area contributed by atoms with E-state index in [9.17, 15) is 4.79 Å². The van der Waals surface area contributed by atoms with Crippen LogP contribution in [0.1, 0.15) is 22.8 Å². The standard InChI is InChI=1S/C16H17BrN2O/c1-3-19(14-8-6-13(18)7-9-14)16(20)12-5-4-11(2)15(17)10-12/h4-10H,3,18H2,1-2H3. The molecular formula is C16H17BrN2O. The number of carbonyl (C=O) groups excluding carboxylic acids is 1. The minimum absolute atomic E-state index is 0.0158. The van der Waals surface area contributed by atoms with Gasteiger partial charge in [0.1, 0.15) is 0 Å². The second-order valence-electron chi connectivity index (χ2n) is 4.60. The van der Waals surface area contributed by atoms with Crippen molar-refractivity contribution in [2.24, 2.45) is 0 Å². The van der Waals surface area contributed by atoms with Crippen LogP contribution in [0.5, 0.6) is 0 Å². The fourth-order valence-electron chi connectivity index (χ4n) is 1.98. The van der Waals surface area contributed by atoms with Crippen LogP contribution >= 0.6 is 15.9 Å². The molecular weight excluding hydrogens is 316 g/mol. The minimum atomic E-state index is -0.0158. The lowest BCUT2D eigenvalue weighted by Crippen LogP contribution is -2.30. The highest BCUT2D eigenvalue weighted by atomic mass is 79.9. The Balaban J connectivity index is 2.33. The quantitative estimate of drug-likeness (QED) is 0.863. The van der Waals surface area contributed by atoms with Crippen molar-refractivity contribution in [2.45, 2.75) is 13.8 Å². The second kappa shape index (κ2) is 6.09. The van der Waals surface area contributed by atoms with E-state index in [-0.39, 0.29) is 5.91 Å². The van der Waals surface area contributed by atoms with Crippen LogP contribution in [-0.2, 0) is 0 Å². The molecule has 4 heteroatoms. The van der Waals surface area contributed by atoms with Crippen molar-refractivity contribution in [1.29, 1.82) is 0 Å². The predicted molar refractivity (Wildman–Crippen MR) is 87.1 cm³/mol. The topological polar surface area (TPSA) is 46.3 Å². The Morgan fingerprint density at radius 1 is 1.20 bits per heavy atom. The van der Waals surface area contributed by atoms with E-state index in [1.54, 1.807) is 17.0 Å². The van der Waals surface area contributed by atoms with Crippen LogP contribution < -0.4 is 10.6 Å². The smallest absolute Gasteiger partial charge is 0.258 e. The number of hydrogen-bond acceptors (Lipinski definition) is 2. The molecule has 0 aliphatic heterocycles. The average molecular weight is 333 g/mol. The third-order valence-electron chi connectivity index (χ3n) is 3.18. The fourth-order valence-corrected chi connectivity index (χ4v) is 2.36. The molecule has 0 unspecified atom stereocenters. The van der Waals surface area contributed by atoms with Gasteiger partial charge in [0.15, 0.2) is 0 Å². The van der Waals surface area contributed by atoms with Crippen LogP contribution in [0.3, 0.4) is 0 Å². The number of amides is 1. The normalized spacial score (nSPS) is 10.3. The molecule has 0 aromatic heterocycles. The fraction of sp³-hybridized carbons (Fsp3) is 0.188. The molecule has 0 saturated heterocycles. The van der Waals surface area contributed by atoms with Crippen molar-refractivity contribution in [3.05, 3.63) is 58.1 Å². The summed E-state index contributed by atoms with van der Waals surface area (Å²) in [5.41, 5.74) is 9.00. The number of nitrogens with two attached hydrogens (primary N) is 1. The summed E-state index contributed by atoms with van der Waals surface area (Å²) < 4.78 is 0.941. The maximum absolute atomic E-state index is 12.6. The number of anilines is 2. The highest BCUT2D eigenvalue weighted by Crippen LogP contribution is 2.22. The van der Waals surface area contributed by atoms with E-state index < -0.39 is 0 Å². The number of nitrogens with zero attached hydrogens (tertiary/aromatic N) is 1. The molecule has 0 aliphatic carbocycles. The molecule has 2 aromatic rings. The van der Waals surface area contributed by atoms with Gasteiger partial charge in [-0.15, -0.1) is 0 Å². The van der Waals surface area contributed by atoms with E-state index in [2.05, 4.69) is 15.9 Å². The molecule has 0 saturated carbocycles. The van der Waals surface area contributed by atoms with Gasteiger partial charge in [0, 0.05) is 28.0 Å². The molecule has 0 heterocycles. The van der Waals surface area contributed by atoms with Gasteiger partial charge in [0.25, 0.3) is 5.91 Å². The van der Waals surface area contributed by atoms with Crippen molar-refractivity contribution < 1.29 is 4.79 Å². The van der Waals surface area contributed by atoms with E-state index in [0.29, 0.717) is 17.8 Å². The van der Waals surface area contributed by atoms with E-state index in [1.165, 1.54) is 0 Å². The number of carbonyl (C=O) groups is 1. The Morgan fingerprint density at radius 3 is 2.40 bits per heavy atom. The third-order valence-corrected chi connectivity index (χ3v) is 4.04. The molecule has 2 aromatic carbocycles. The molecule has 20 heavy (non-hydrogen) atoms. The summed E-state index contributed by atoms with van der Waals surface area (Å²) in [6, 6.07) is 13.0. The Bertz CT molecular complexity index is 623. The number of rotatable bonds is 3. The molecule has 1 amide bonds. The number of hydrogen-bond donors (Lipinski definition) is 1. The van der Waals surface area contributed by atoms with Crippen molar-refractivity contribution in [1.82, 2.24) is 0 Å². The highest BCUT2D eigenvalue weighted by Gasteiger charge is 2.16. The summed E-state index contributed by atoms with van der Waals surface area (Å²) in [4.78, 5) is 14.3. The van der Waals surface area contributed by atoms with Crippen LogP contribution in [0.25, 0.3) is 0 Å². The van der Waals surface area contributed by atoms with Crippen molar-refractivity contribution in [3.8, 4) is 0 Å². The first kappa shape index (κ1) is 14.6. The first-order valence-electron chi connectivity index (χ1n) is 6.46. The average Bonchev–Trinajstić information content (AvgIpc) is 2.44. The van der Waals surface area contributed by atoms with Crippen LogP contribution in [0.15, 0.2) is 46.9 Å². The first-order chi connectivity index (χ1) is 9.52. The summed E-state index contributed by atoms with van der Waals surface area (Å²) in [5.74, 6) is -0.0158. The number of nitrogen functional groups attached to an aromatic ring is 1. The van der Waals surface area contributed by atoms with E-state index in [0.717, 1.165) is 15.7 Å². The van der Waals surface area contributed by atoms with Crippen LogP contribution in [0.4, 0.5) is 11.4 Å². The van der Waals surface area contributed by atoms with Gasteiger partial charge < -0.3 is 10.6 Å². The molecule has 104 valence electrons. The zero-order chi connectivity index (χ0) is 14.7. The molecule has 0 radical (unpaired) electrons. The minimum Gasteiger partial charge on any atom is -0.399 e. The van der Waals surface area contributed by atoms with Gasteiger partial charge >= 0.3 is 0 Å². The lowest BCUT2D eigenvalue weighted by atomic mass is 10.1. The Labute approximate surface area is 127 Å². The SMILES string of the molecule is CCN(C(=O)c1ccc(C)c(Br)c1)c1ccc(N)cc1. The van der Waals surface area contributed by atoms with Gasteiger partial charge in [-0.05, 0) is 55.8 Å². The summed E-state index contributed by atoms with van der Waals surface area (Å²) in [6.45, 7) is 4.56. The molecule has 0 fully saturated rings. The highest BCUT2D eigenvalue weighted by molar-refractivity contribution is 9.10. The maximum Gasteiger partial charge on any atom is 0.258 e. The Morgan fingerprint density at radius 2 is 1.85 bits per heavy atom. The van der Waals surface area contributed by atoms with Gasteiger partial charge in [-0.1, -0.05) is 22.0 Å². The Hall–Kier alpha value is -1.81. The van der Waals surface area contributed by atoms with E-state index in [4.69, 9.17) is 5.73 Å². The monoisotopic (exact) mass is 332 g/mol. The van der Waals surface area contributed by atoms with Gasteiger partial charge in [-0.25, -0.2) is 0 Å². The summed E-state index contributed by atoms with van der Waals surface area (Å²) in [5, 5.41) is 0. The molecule has 0 spiro atoms. The lowest BCUT2D eigenvalue weighted by molar-refractivity contribution is 0.0988. The molecule has 2 N–H and O–H groups in total. The molecule has 0 bridgehead atoms. The van der Waals surface area contributed by atoms with Crippen molar-refractivity contribution in [2.75, 3.05) is 17.2 Å². The van der Waals surface area contributed by atoms with Crippen LogP contribution in [0, 0.1) is 6.92 Å². The first-order valence-corrected chi connectivity index (χ1v) is 7.25. The van der Waals surface area contributed by atoms with Gasteiger partial charge in [-0.3, -0.25) is 4.79 Å². The second-order valence-corrected chi connectivity index (χ2v) is 5.46. The van der Waals surface area contributed by atoms with Crippen molar-refractivity contribution in [3.63, 3.8) is 0 Å². The van der Waals surface area contributed by atoms with Gasteiger partial charge in [0.2, 0.25) is 0 Å². The van der Waals surface area contributed by atoms with Crippen LogP contribution in [0.2, 0.25) is 0 Å². The predicted octanol–water partition coefficient (Wildman–Crippen LogP) is 4.01. The number of halogens is 1. The summed E-state index contributed by atoms with van der Waals surface area (Å²) in [6.07, 6.45) is 0. The number of aryl methyl sites for hydroxylation is 1. The summed E-state index contributed by atoms with van der Waals surface area (Å²) in [7, 11) is 0. The molecule has 0 aliphatic rings. The largest absolute Gasteiger partial charge is 0.399 e.